The van der Waals surface area contributed by atoms with E-state index in [0.717, 1.165) is 16.8 Å². The Bertz CT molecular complexity index is 1010. The van der Waals surface area contributed by atoms with Gasteiger partial charge in [-0.2, -0.15) is 0 Å². The fraction of sp³-hybridized carbons (Fsp3) is 0.158. The Morgan fingerprint density at radius 1 is 1.07 bits per heavy atom. The molecule has 0 aliphatic rings. The number of aryl methyl sites for hydroxylation is 1. The molecule has 1 amide bonds. The lowest BCUT2D eigenvalue weighted by Gasteiger charge is -2.05. The summed E-state index contributed by atoms with van der Waals surface area (Å²) in [5.74, 6) is -0.129. The van der Waals surface area contributed by atoms with Gasteiger partial charge in [0.2, 0.25) is 15.9 Å². The van der Waals surface area contributed by atoms with Crippen LogP contribution in [0.3, 0.4) is 0 Å². The summed E-state index contributed by atoms with van der Waals surface area (Å²) in [7, 11) is -2.07. The summed E-state index contributed by atoms with van der Waals surface area (Å²) in [6.45, 7) is 0. The molecule has 3 rings (SSSR count). The molecule has 6 nitrogen and oxygen atoms in total. The fourth-order valence-corrected chi connectivity index (χ4v) is 3.93. The number of aromatic nitrogens is 1. The van der Waals surface area contributed by atoms with E-state index in [4.69, 9.17) is 0 Å². The van der Waals surface area contributed by atoms with Crippen LogP contribution in [0, 0.1) is 0 Å². The van der Waals surface area contributed by atoms with Crippen LogP contribution in [0.5, 0.6) is 0 Å². The number of carbonyl (C=O) groups excluding carboxylic acids is 1. The van der Waals surface area contributed by atoms with Crippen LogP contribution in [0.25, 0.3) is 11.3 Å². The number of nitrogens with zero attached hydrogens (tertiary/aromatic N) is 1. The standard InChI is InChI=1S/C19H19N3O3S2/c1-20-27(24,25)16-10-7-14(8-11-16)9-12-18(23)22-19-21-17(13-26-19)15-5-3-2-4-6-15/h2-8,10-11,13,20H,9,12H2,1H3,(H,21,22,23). The van der Waals surface area contributed by atoms with E-state index in [1.54, 1.807) is 12.1 Å². The van der Waals surface area contributed by atoms with Gasteiger partial charge in [-0.1, -0.05) is 42.5 Å². The van der Waals surface area contributed by atoms with Gasteiger partial charge < -0.3 is 5.32 Å². The summed E-state index contributed by atoms with van der Waals surface area (Å²) in [6.07, 6.45) is 0.807. The van der Waals surface area contributed by atoms with Crippen LogP contribution < -0.4 is 10.0 Å². The molecule has 0 saturated heterocycles. The number of benzene rings is 2. The zero-order valence-corrected chi connectivity index (χ0v) is 16.3. The maximum atomic E-state index is 12.2. The Balaban J connectivity index is 1.55. The number of sulfonamides is 1. The number of thiazole rings is 1. The second kappa shape index (κ2) is 8.43. The van der Waals surface area contributed by atoms with Crippen molar-refractivity contribution in [1.29, 1.82) is 0 Å². The van der Waals surface area contributed by atoms with Crippen LogP contribution in [0.1, 0.15) is 12.0 Å². The predicted octanol–water partition coefficient (Wildman–Crippen LogP) is 3.29. The van der Waals surface area contributed by atoms with Crippen molar-refractivity contribution in [2.45, 2.75) is 17.7 Å². The Morgan fingerprint density at radius 3 is 2.44 bits per heavy atom. The van der Waals surface area contributed by atoms with Gasteiger partial charge in [0, 0.05) is 17.4 Å². The number of hydrogen-bond acceptors (Lipinski definition) is 5. The highest BCUT2D eigenvalue weighted by atomic mass is 32.2. The minimum absolute atomic E-state index is 0.129. The van der Waals surface area contributed by atoms with E-state index in [1.165, 1.54) is 30.5 Å². The van der Waals surface area contributed by atoms with Crippen molar-refractivity contribution in [3.8, 4) is 11.3 Å². The van der Waals surface area contributed by atoms with Crippen molar-refractivity contribution in [3.63, 3.8) is 0 Å². The fourth-order valence-electron chi connectivity index (χ4n) is 2.47. The number of nitrogens with one attached hydrogen (secondary N) is 2. The van der Waals surface area contributed by atoms with Gasteiger partial charge in [-0.3, -0.25) is 4.79 Å². The second-order valence-corrected chi connectivity index (χ2v) is 8.55. The summed E-state index contributed by atoms with van der Waals surface area (Å²) in [5, 5.41) is 5.28. The molecule has 3 aromatic rings. The first-order valence-electron chi connectivity index (χ1n) is 8.31. The smallest absolute Gasteiger partial charge is 0.240 e. The number of rotatable bonds is 7. The normalized spacial score (nSPS) is 11.3. The Labute approximate surface area is 162 Å². The van der Waals surface area contributed by atoms with Gasteiger partial charge in [-0.15, -0.1) is 11.3 Å². The lowest BCUT2D eigenvalue weighted by Crippen LogP contribution is -2.18. The predicted molar refractivity (Wildman–Crippen MR) is 107 cm³/mol. The molecule has 0 spiro atoms. The van der Waals surface area contributed by atoms with E-state index in [2.05, 4.69) is 15.0 Å². The van der Waals surface area contributed by atoms with Crippen molar-refractivity contribution < 1.29 is 13.2 Å². The van der Waals surface area contributed by atoms with Gasteiger partial charge in [0.15, 0.2) is 5.13 Å². The summed E-state index contributed by atoms with van der Waals surface area (Å²) >= 11 is 1.38. The summed E-state index contributed by atoms with van der Waals surface area (Å²) < 4.78 is 25.7. The van der Waals surface area contributed by atoms with Crippen molar-refractivity contribution in [2.75, 3.05) is 12.4 Å². The Hall–Kier alpha value is -2.55. The Kier molecular flexibility index (Phi) is 6.00. The van der Waals surface area contributed by atoms with Crippen molar-refractivity contribution >= 4 is 32.4 Å². The van der Waals surface area contributed by atoms with Gasteiger partial charge in [0.05, 0.1) is 10.6 Å². The molecule has 8 heteroatoms. The van der Waals surface area contributed by atoms with Crippen LogP contribution in [0.4, 0.5) is 5.13 Å². The van der Waals surface area contributed by atoms with E-state index in [0.29, 0.717) is 18.0 Å². The number of hydrogen-bond donors (Lipinski definition) is 2. The first-order valence-corrected chi connectivity index (χ1v) is 10.7. The van der Waals surface area contributed by atoms with E-state index >= 15 is 0 Å². The third kappa shape index (κ3) is 5.00. The lowest BCUT2D eigenvalue weighted by atomic mass is 10.1. The molecule has 0 fully saturated rings. The quantitative estimate of drug-likeness (QED) is 0.636. The molecule has 2 aromatic carbocycles. The van der Waals surface area contributed by atoms with E-state index in [9.17, 15) is 13.2 Å². The summed E-state index contributed by atoms with van der Waals surface area (Å²) in [4.78, 5) is 16.8. The van der Waals surface area contributed by atoms with E-state index < -0.39 is 10.0 Å². The van der Waals surface area contributed by atoms with Crippen molar-refractivity contribution in [1.82, 2.24) is 9.71 Å². The maximum absolute atomic E-state index is 12.2. The lowest BCUT2D eigenvalue weighted by molar-refractivity contribution is -0.116. The van der Waals surface area contributed by atoms with Crippen LogP contribution in [-0.4, -0.2) is 26.4 Å². The monoisotopic (exact) mass is 401 g/mol. The van der Waals surface area contributed by atoms with Crippen LogP contribution in [0.15, 0.2) is 64.9 Å². The molecular formula is C19H19N3O3S2. The first kappa shape index (κ1) is 19.2. The first-order chi connectivity index (χ1) is 13.0. The molecule has 27 heavy (non-hydrogen) atoms. The topological polar surface area (TPSA) is 88.2 Å². The summed E-state index contributed by atoms with van der Waals surface area (Å²) in [5.41, 5.74) is 2.73. The molecule has 0 radical (unpaired) electrons. The molecule has 1 aromatic heterocycles. The zero-order valence-electron chi connectivity index (χ0n) is 14.7. The minimum Gasteiger partial charge on any atom is -0.302 e. The van der Waals surface area contributed by atoms with Gasteiger partial charge >= 0.3 is 0 Å². The number of carbonyl (C=O) groups is 1. The largest absolute Gasteiger partial charge is 0.302 e. The van der Waals surface area contributed by atoms with Crippen LogP contribution in [0.2, 0.25) is 0 Å². The molecule has 1 heterocycles. The van der Waals surface area contributed by atoms with Crippen LogP contribution in [-0.2, 0) is 21.2 Å². The highest BCUT2D eigenvalue weighted by molar-refractivity contribution is 7.89. The molecule has 0 atom stereocenters. The van der Waals surface area contributed by atoms with Crippen LogP contribution >= 0.6 is 11.3 Å². The average molecular weight is 402 g/mol. The molecule has 0 saturated carbocycles. The number of amides is 1. The summed E-state index contributed by atoms with van der Waals surface area (Å²) in [6, 6.07) is 16.3. The maximum Gasteiger partial charge on any atom is 0.240 e. The molecular weight excluding hydrogens is 382 g/mol. The van der Waals surface area contributed by atoms with Crippen molar-refractivity contribution in [3.05, 3.63) is 65.5 Å². The van der Waals surface area contributed by atoms with Gasteiger partial charge in [0.25, 0.3) is 0 Å². The average Bonchev–Trinajstić information content (AvgIpc) is 3.16. The highest BCUT2D eigenvalue weighted by Gasteiger charge is 2.11. The van der Waals surface area contributed by atoms with Gasteiger partial charge in [-0.05, 0) is 31.2 Å². The molecule has 140 valence electrons. The Morgan fingerprint density at radius 2 is 1.78 bits per heavy atom. The minimum atomic E-state index is -3.44. The molecule has 0 aliphatic heterocycles. The molecule has 0 unspecified atom stereocenters. The molecule has 2 N–H and O–H groups in total. The number of anilines is 1. The second-order valence-electron chi connectivity index (χ2n) is 5.80. The van der Waals surface area contributed by atoms with Crippen molar-refractivity contribution in [2.24, 2.45) is 0 Å². The highest BCUT2D eigenvalue weighted by Crippen LogP contribution is 2.24. The van der Waals surface area contributed by atoms with Gasteiger partial charge in [-0.25, -0.2) is 18.1 Å². The third-order valence-electron chi connectivity index (χ3n) is 3.96. The zero-order chi connectivity index (χ0) is 19.3. The SMILES string of the molecule is CNS(=O)(=O)c1ccc(CCC(=O)Nc2nc(-c3ccccc3)cs2)cc1. The molecule has 0 bridgehead atoms. The van der Waals surface area contributed by atoms with E-state index in [-0.39, 0.29) is 10.8 Å². The van der Waals surface area contributed by atoms with E-state index in [1.807, 2.05) is 35.7 Å². The third-order valence-corrected chi connectivity index (χ3v) is 6.15. The molecule has 0 aliphatic carbocycles. The van der Waals surface area contributed by atoms with Gasteiger partial charge in [0.1, 0.15) is 0 Å².